The van der Waals surface area contributed by atoms with Crippen molar-refractivity contribution in [2.75, 3.05) is 0 Å². The van der Waals surface area contributed by atoms with Crippen LogP contribution in [0, 0.1) is 16.6 Å². The SMILES string of the molecule is C[C@H]1CC[C@@H]2[C@H](C1)c1c([nH]c(=S)[nH]c1=O)OC2(C)C. The van der Waals surface area contributed by atoms with Crippen molar-refractivity contribution < 1.29 is 4.74 Å². The highest BCUT2D eigenvalue weighted by Gasteiger charge is 2.47. The van der Waals surface area contributed by atoms with Gasteiger partial charge in [0.05, 0.1) is 5.56 Å². The molecule has 2 heterocycles. The molecule has 1 aliphatic heterocycles. The maximum absolute atomic E-state index is 12.2. The maximum Gasteiger partial charge on any atom is 0.259 e. The van der Waals surface area contributed by atoms with Gasteiger partial charge in [0.25, 0.3) is 5.56 Å². The minimum atomic E-state index is -0.246. The van der Waals surface area contributed by atoms with E-state index >= 15 is 0 Å². The normalized spacial score (nSPS) is 32.1. The highest BCUT2D eigenvalue weighted by molar-refractivity contribution is 7.71. The minimum Gasteiger partial charge on any atom is -0.472 e. The molecule has 0 spiro atoms. The monoisotopic (exact) mass is 280 g/mol. The van der Waals surface area contributed by atoms with Crippen molar-refractivity contribution in [2.45, 2.75) is 51.6 Å². The molecule has 0 bridgehead atoms. The molecule has 2 aliphatic rings. The highest BCUT2D eigenvalue weighted by Crippen LogP contribution is 2.50. The molecule has 3 atom stereocenters. The second-order valence-electron chi connectivity index (χ2n) is 6.49. The lowest BCUT2D eigenvalue weighted by Gasteiger charge is -2.47. The van der Waals surface area contributed by atoms with Gasteiger partial charge in [0.15, 0.2) is 4.77 Å². The number of aromatic amines is 2. The van der Waals surface area contributed by atoms with Crippen molar-refractivity contribution in [3.05, 3.63) is 20.7 Å². The molecule has 0 saturated heterocycles. The van der Waals surface area contributed by atoms with Crippen LogP contribution in [-0.4, -0.2) is 15.6 Å². The predicted molar refractivity (Wildman–Crippen MR) is 76.2 cm³/mol. The summed E-state index contributed by atoms with van der Waals surface area (Å²) < 4.78 is 6.38. The molecule has 19 heavy (non-hydrogen) atoms. The summed E-state index contributed by atoms with van der Waals surface area (Å²) in [6, 6.07) is 0. The average molecular weight is 280 g/mol. The lowest BCUT2D eigenvalue weighted by molar-refractivity contribution is -0.0186. The Hall–Kier alpha value is -1.10. The van der Waals surface area contributed by atoms with E-state index < -0.39 is 0 Å². The quantitative estimate of drug-likeness (QED) is 0.718. The van der Waals surface area contributed by atoms with Gasteiger partial charge in [-0.2, -0.15) is 0 Å². The predicted octanol–water partition coefficient (Wildman–Crippen LogP) is 3.12. The number of hydrogen-bond donors (Lipinski definition) is 2. The third kappa shape index (κ3) is 2.04. The number of rotatable bonds is 0. The van der Waals surface area contributed by atoms with Crippen LogP contribution < -0.4 is 10.3 Å². The van der Waals surface area contributed by atoms with Gasteiger partial charge in [0.1, 0.15) is 5.60 Å². The molecule has 104 valence electrons. The number of ether oxygens (including phenoxy) is 1. The van der Waals surface area contributed by atoms with Gasteiger partial charge in [-0.15, -0.1) is 0 Å². The molecule has 0 aromatic carbocycles. The van der Waals surface area contributed by atoms with Crippen molar-refractivity contribution in [1.82, 2.24) is 9.97 Å². The van der Waals surface area contributed by atoms with Crippen LogP contribution in [0.1, 0.15) is 51.5 Å². The largest absolute Gasteiger partial charge is 0.472 e. The van der Waals surface area contributed by atoms with Gasteiger partial charge in [0.2, 0.25) is 5.88 Å². The van der Waals surface area contributed by atoms with Crippen LogP contribution in [-0.2, 0) is 0 Å². The summed E-state index contributed by atoms with van der Waals surface area (Å²) in [6.45, 7) is 6.49. The van der Waals surface area contributed by atoms with Crippen LogP contribution in [0.3, 0.4) is 0 Å². The van der Waals surface area contributed by atoms with Gasteiger partial charge in [0, 0.05) is 11.8 Å². The number of H-pyrrole nitrogens is 2. The maximum atomic E-state index is 12.2. The first kappa shape index (κ1) is 12.9. The fourth-order valence-corrected chi connectivity index (χ4v) is 3.95. The van der Waals surface area contributed by atoms with E-state index in [0.717, 1.165) is 18.4 Å². The minimum absolute atomic E-state index is 0.0849. The summed E-state index contributed by atoms with van der Waals surface area (Å²) in [6.07, 6.45) is 3.38. The highest BCUT2D eigenvalue weighted by atomic mass is 32.1. The van der Waals surface area contributed by atoms with Gasteiger partial charge in [-0.1, -0.05) is 13.3 Å². The number of nitrogens with one attached hydrogen (secondary N) is 2. The van der Waals surface area contributed by atoms with Crippen molar-refractivity contribution in [3.8, 4) is 5.88 Å². The Balaban J connectivity index is 2.18. The molecular formula is C14H20N2O2S. The van der Waals surface area contributed by atoms with E-state index in [1.165, 1.54) is 6.42 Å². The van der Waals surface area contributed by atoms with Gasteiger partial charge in [-0.05, 0) is 44.8 Å². The Kier molecular flexibility index (Phi) is 2.85. The molecule has 0 amide bonds. The summed E-state index contributed by atoms with van der Waals surface area (Å²) in [5, 5.41) is 0. The molecule has 1 saturated carbocycles. The molecule has 2 N–H and O–H groups in total. The zero-order chi connectivity index (χ0) is 13.8. The van der Waals surface area contributed by atoms with Crippen LogP contribution >= 0.6 is 12.2 Å². The van der Waals surface area contributed by atoms with Gasteiger partial charge >= 0.3 is 0 Å². The first-order valence-corrected chi connectivity index (χ1v) is 7.35. The van der Waals surface area contributed by atoms with Crippen LogP contribution in [0.4, 0.5) is 0 Å². The molecular weight excluding hydrogens is 260 g/mol. The van der Waals surface area contributed by atoms with Gasteiger partial charge < -0.3 is 9.72 Å². The van der Waals surface area contributed by atoms with E-state index in [2.05, 4.69) is 30.7 Å². The van der Waals surface area contributed by atoms with Crippen molar-refractivity contribution >= 4 is 12.2 Å². The molecule has 0 radical (unpaired) electrons. The second kappa shape index (κ2) is 4.20. The van der Waals surface area contributed by atoms with Crippen molar-refractivity contribution in [1.29, 1.82) is 0 Å². The zero-order valence-corrected chi connectivity index (χ0v) is 12.4. The third-order valence-electron chi connectivity index (χ3n) is 4.68. The van der Waals surface area contributed by atoms with Gasteiger partial charge in [-0.25, -0.2) is 0 Å². The van der Waals surface area contributed by atoms with E-state index in [1.54, 1.807) is 0 Å². The first-order chi connectivity index (χ1) is 8.88. The van der Waals surface area contributed by atoms with Crippen LogP contribution in [0.25, 0.3) is 0 Å². The molecule has 4 nitrogen and oxygen atoms in total. The van der Waals surface area contributed by atoms with E-state index in [0.29, 0.717) is 22.5 Å². The summed E-state index contributed by atoms with van der Waals surface area (Å²) in [5.74, 6) is 1.92. The second-order valence-corrected chi connectivity index (χ2v) is 6.90. The molecule has 3 rings (SSSR count). The summed E-state index contributed by atoms with van der Waals surface area (Å²) in [7, 11) is 0. The zero-order valence-electron chi connectivity index (χ0n) is 11.6. The van der Waals surface area contributed by atoms with E-state index in [1.807, 2.05) is 0 Å². The fraction of sp³-hybridized carbons (Fsp3) is 0.714. The molecule has 5 heteroatoms. The Labute approximate surface area is 117 Å². The number of aromatic nitrogens is 2. The van der Waals surface area contributed by atoms with E-state index in [4.69, 9.17) is 17.0 Å². The first-order valence-electron chi connectivity index (χ1n) is 6.94. The van der Waals surface area contributed by atoms with Gasteiger partial charge in [-0.3, -0.25) is 9.78 Å². The van der Waals surface area contributed by atoms with Crippen LogP contribution in [0.15, 0.2) is 4.79 Å². The summed E-state index contributed by atoms with van der Waals surface area (Å²) >= 11 is 5.04. The molecule has 1 aromatic rings. The molecule has 1 aliphatic carbocycles. The van der Waals surface area contributed by atoms with E-state index in [-0.39, 0.29) is 17.1 Å². The summed E-state index contributed by atoms with van der Waals surface area (Å²) in [5.41, 5.74) is 0.437. The molecule has 1 fully saturated rings. The lowest BCUT2D eigenvalue weighted by Crippen LogP contribution is -2.48. The topological polar surface area (TPSA) is 57.9 Å². The summed E-state index contributed by atoms with van der Waals surface area (Å²) in [4.78, 5) is 17.9. The number of hydrogen-bond acceptors (Lipinski definition) is 3. The molecule has 0 unspecified atom stereocenters. The molecule has 1 aromatic heterocycles. The lowest BCUT2D eigenvalue weighted by atomic mass is 9.65. The fourth-order valence-electron chi connectivity index (χ4n) is 3.76. The Bertz CT molecular complexity index is 617. The third-order valence-corrected chi connectivity index (χ3v) is 4.89. The van der Waals surface area contributed by atoms with Crippen LogP contribution in [0.2, 0.25) is 0 Å². The number of fused-ring (bicyclic) bond motifs is 3. The van der Waals surface area contributed by atoms with Crippen molar-refractivity contribution in [3.63, 3.8) is 0 Å². The Morgan fingerprint density at radius 2 is 2.05 bits per heavy atom. The Morgan fingerprint density at radius 1 is 1.32 bits per heavy atom. The van der Waals surface area contributed by atoms with Crippen molar-refractivity contribution in [2.24, 2.45) is 11.8 Å². The Morgan fingerprint density at radius 3 is 2.79 bits per heavy atom. The van der Waals surface area contributed by atoms with E-state index in [9.17, 15) is 4.79 Å². The standard InChI is InChI=1S/C14H20N2O2S/c1-7-4-5-9-8(6-7)10-11(17)15-13(19)16-12(10)18-14(9,2)3/h7-9H,4-6H2,1-3H3,(H2,15,16,17,19)/t7-,8-,9+/m0/s1. The average Bonchev–Trinajstić information content (AvgIpc) is 2.25. The van der Waals surface area contributed by atoms with Crippen LogP contribution in [0.5, 0.6) is 5.88 Å². The smallest absolute Gasteiger partial charge is 0.259 e.